The van der Waals surface area contributed by atoms with Crippen molar-refractivity contribution in [2.24, 2.45) is 0 Å². The van der Waals surface area contributed by atoms with E-state index in [1.54, 1.807) is 24.5 Å². The molecule has 0 fully saturated rings. The number of pyridine rings is 1. The molecule has 2 rings (SSSR count). The summed E-state index contributed by atoms with van der Waals surface area (Å²) in [5, 5.41) is 2.83. The summed E-state index contributed by atoms with van der Waals surface area (Å²) in [7, 11) is -3.65. The molecule has 0 unspecified atom stereocenters. The molecular formula is C17H21N3O3S. The molecule has 0 aliphatic heterocycles. The van der Waals surface area contributed by atoms with Crippen molar-refractivity contribution in [1.82, 2.24) is 15.0 Å². The second-order valence-corrected chi connectivity index (χ2v) is 8.18. The van der Waals surface area contributed by atoms with Crippen LogP contribution in [0.5, 0.6) is 0 Å². The lowest BCUT2D eigenvalue weighted by Gasteiger charge is -2.20. The average Bonchev–Trinajstić information content (AvgIpc) is 2.53. The first-order chi connectivity index (χ1) is 11.2. The van der Waals surface area contributed by atoms with Gasteiger partial charge in [0.05, 0.1) is 4.90 Å². The van der Waals surface area contributed by atoms with Crippen molar-refractivity contribution in [3.8, 4) is 0 Å². The third-order valence-electron chi connectivity index (χ3n) is 3.10. The first-order valence-electron chi connectivity index (χ1n) is 7.48. The highest BCUT2D eigenvalue weighted by atomic mass is 32.2. The molecule has 1 aromatic carbocycles. The number of benzene rings is 1. The van der Waals surface area contributed by atoms with Crippen LogP contribution in [0, 0.1) is 0 Å². The maximum absolute atomic E-state index is 12.3. The molecule has 0 atom stereocenters. The van der Waals surface area contributed by atoms with Crippen LogP contribution in [0.3, 0.4) is 0 Å². The largest absolute Gasteiger partial charge is 0.347 e. The summed E-state index contributed by atoms with van der Waals surface area (Å²) in [6.07, 6.45) is 3.22. The zero-order valence-electron chi connectivity index (χ0n) is 13.9. The second kappa shape index (κ2) is 7.11. The van der Waals surface area contributed by atoms with Gasteiger partial charge in [-0.2, -0.15) is 0 Å². The third-order valence-corrected chi connectivity index (χ3v) is 4.52. The predicted octanol–water partition coefficient (Wildman–Crippen LogP) is 2.09. The van der Waals surface area contributed by atoms with Crippen molar-refractivity contribution in [3.05, 3.63) is 59.9 Å². The summed E-state index contributed by atoms with van der Waals surface area (Å²) in [6.45, 7) is 5.80. The number of rotatable bonds is 5. The minimum absolute atomic E-state index is 0.110. The van der Waals surface area contributed by atoms with Crippen LogP contribution in [0.4, 0.5) is 0 Å². The van der Waals surface area contributed by atoms with E-state index in [2.05, 4.69) is 15.0 Å². The number of nitrogens with zero attached hydrogens (tertiary/aromatic N) is 1. The molecule has 7 heteroatoms. The molecule has 0 spiro atoms. The van der Waals surface area contributed by atoms with Crippen molar-refractivity contribution >= 4 is 15.9 Å². The van der Waals surface area contributed by atoms with Crippen LogP contribution < -0.4 is 10.0 Å². The molecule has 6 nitrogen and oxygen atoms in total. The summed E-state index contributed by atoms with van der Waals surface area (Å²) in [4.78, 5) is 16.1. The molecule has 0 saturated carbocycles. The summed E-state index contributed by atoms with van der Waals surface area (Å²) in [6, 6.07) is 9.37. The van der Waals surface area contributed by atoms with Crippen LogP contribution >= 0.6 is 0 Å². The lowest BCUT2D eigenvalue weighted by Crippen LogP contribution is -2.40. The zero-order valence-corrected chi connectivity index (χ0v) is 14.7. The number of sulfonamides is 1. The number of hydrogen-bond donors (Lipinski definition) is 2. The van der Waals surface area contributed by atoms with Crippen molar-refractivity contribution in [2.45, 2.75) is 37.8 Å². The highest BCUT2D eigenvalue weighted by Crippen LogP contribution is 2.12. The maximum Gasteiger partial charge on any atom is 0.251 e. The lowest BCUT2D eigenvalue weighted by molar-refractivity contribution is 0.0919. The molecule has 0 aliphatic rings. The van der Waals surface area contributed by atoms with E-state index in [1.165, 1.54) is 24.3 Å². The van der Waals surface area contributed by atoms with E-state index in [0.717, 1.165) is 5.56 Å². The Hall–Kier alpha value is -2.25. The molecule has 2 N–H and O–H groups in total. The zero-order chi connectivity index (χ0) is 17.8. The van der Waals surface area contributed by atoms with Gasteiger partial charge in [-0.1, -0.05) is 6.07 Å². The van der Waals surface area contributed by atoms with E-state index in [4.69, 9.17) is 0 Å². The highest BCUT2D eigenvalue weighted by molar-refractivity contribution is 7.89. The number of carbonyl (C=O) groups is 1. The first kappa shape index (κ1) is 18.1. The smallest absolute Gasteiger partial charge is 0.251 e. The fourth-order valence-electron chi connectivity index (χ4n) is 1.96. The van der Waals surface area contributed by atoms with Gasteiger partial charge in [-0.3, -0.25) is 9.78 Å². The number of carbonyl (C=O) groups excluding carboxylic acids is 1. The monoisotopic (exact) mass is 347 g/mol. The van der Waals surface area contributed by atoms with E-state index in [9.17, 15) is 13.2 Å². The SMILES string of the molecule is CC(C)(C)NC(=O)c1ccc(S(=O)(=O)NCc2cccnc2)cc1. The highest BCUT2D eigenvalue weighted by Gasteiger charge is 2.17. The standard InChI is InChI=1S/C17H21N3O3S/c1-17(2,3)20-16(21)14-6-8-15(9-7-14)24(22,23)19-12-13-5-4-10-18-11-13/h4-11,19H,12H2,1-3H3,(H,20,21). The van der Waals surface area contributed by atoms with Gasteiger partial charge in [-0.15, -0.1) is 0 Å². The van der Waals surface area contributed by atoms with Crippen molar-refractivity contribution in [3.63, 3.8) is 0 Å². The predicted molar refractivity (Wildman–Crippen MR) is 91.9 cm³/mol. The Balaban J connectivity index is 2.07. The van der Waals surface area contributed by atoms with Crippen LogP contribution in [-0.2, 0) is 16.6 Å². The molecule has 0 aliphatic carbocycles. The van der Waals surface area contributed by atoms with E-state index in [-0.39, 0.29) is 22.9 Å². The molecule has 1 aromatic heterocycles. The fraction of sp³-hybridized carbons (Fsp3) is 0.294. The first-order valence-corrected chi connectivity index (χ1v) is 8.97. The van der Waals surface area contributed by atoms with E-state index >= 15 is 0 Å². The van der Waals surface area contributed by atoms with Crippen LogP contribution in [0.2, 0.25) is 0 Å². The van der Waals surface area contributed by atoms with Gasteiger partial charge in [-0.25, -0.2) is 13.1 Å². The molecular weight excluding hydrogens is 326 g/mol. The van der Waals surface area contributed by atoms with Gasteiger partial charge in [0, 0.05) is 30.0 Å². The average molecular weight is 347 g/mol. The molecule has 0 saturated heterocycles. The summed E-state index contributed by atoms with van der Waals surface area (Å²) < 4.78 is 27.1. The van der Waals surface area contributed by atoms with E-state index in [1.807, 2.05) is 20.8 Å². The molecule has 24 heavy (non-hydrogen) atoms. The Bertz CT molecular complexity index is 795. The summed E-state index contributed by atoms with van der Waals surface area (Å²) >= 11 is 0. The number of amides is 1. The molecule has 1 amide bonds. The van der Waals surface area contributed by atoms with Crippen LogP contribution in [0.25, 0.3) is 0 Å². The number of hydrogen-bond acceptors (Lipinski definition) is 4. The summed E-state index contributed by atoms with van der Waals surface area (Å²) in [5.74, 6) is -0.241. The Labute approximate surface area is 142 Å². The van der Waals surface area contributed by atoms with Gasteiger partial charge < -0.3 is 5.32 Å². The molecule has 0 radical (unpaired) electrons. The number of nitrogens with one attached hydrogen (secondary N) is 2. The molecule has 1 heterocycles. The van der Waals surface area contributed by atoms with Gasteiger partial charge in [0.2, 0.25) is 10.0 Å². The second-order valence-electron chi connectivity index (χ2n) is 6.41. The minimum atomic E-state index is -3.65. The summed E-state index contributed by atoms with van der Waals surface area (Å²) in [5.41, 5.74) is 0.825. The van der Waals surface area contributed by atoms with Crippen LogP contribution in [0.1, 0.15) is 36.7 Å². The van der Waals surface area contributed by atoms with E-state index < -0.39 is 10.0 Å². The van der Waals surface area contributed by atoms with E-state index in [0.29, 0.717) is 5.56 Å². The third kappa shape index (κ3) is 5.14. The van der Waals surface area contributed by atoms with Gasteiger partial charge >= 0.3 is 0 Å². The van der Waals surface area contributed by atoms with Gasteiger partial charge in [-0.05, 0) is 56.7 Å². The normalized spacial score (nSPS) is 12.0. The Morgan fingerprint density at radius 1 is 1.12 bits per heavy atom. The Morgan fingerprint density at radius 2 is 1.79 bits per heavy atom. The van der Waals surface area contributed by atoms with Gasteiger partial charge in [0.15, 0.2) is 0 Å². The van der Waals surface area contributed by atoms with Crippen LogP contribution in [-0.4, -0.2) is 24.8 Å². The topological polar surface area (TPSA) is 88.2 Å². The Morgan fingerprint density at radius 3 is 2.33 bits per heavy atom. The van der Waals surface area contributed by atoms with Crippen molar-refractivity contribution in [2.75, 3.05) is 0 Å². The van der Waals surface area contributed by atoms with Gasteiger partial charge in [0.1, 0.15) is 0 Å². The molecule has 128 valence electrons. The molecule has 2 aromatic rings. The lowest BCUT2D eigenvalue weighted by atomic mass is 10.1. The fourth-order valence-corrected chi connectivity index (χ4v) is 2.98. The van der Waals surface area contributed by atoms with Crippen molar-refractivity contribution < 1.29 is 13.2 Å². The maximum atomic E-state index is 12.3. The molecule has 0 bridgehead atoms. The quantitative estimate of drug-likeness (QED) is 0.867. The number of aromatic nitrogens is 1. The van der Waals surface area contributed by atoms with Crippen molar-refractivity contribution in [1.29, 1.82) is 0 Å². The Kier molecular flexibility index (Phi) is 5.36. The van der Waals surface area contributed by atoms with Gasteiger partial charge in [0.25, 0.3) is 5.91 Å². The van der Waals surface area contributed by atoms with Crippen LogP contribution in [0.15, 0.2) is 53.7 Å². The minimum Gasteiger partial charge on any atom is -0.347 e.